The lowest BCUT2D eigenvalue weighted by Gasteiger charge is -2.15. The molecule has 0 aliphatic carbocycles. The molecular weight excluding hydrogens is 560 g/mol. The van der Waals surface area contributed by atoms with Crippen LogP contribution in [0.3, 0.4) is 0 Å². The van der Waals surface area contributed by atoms with Crippen molar-refractivity contribution in [2.24, 2.45) is 5.92 Å². The summed E-state index contributed by atoms with van der Waals surface area (Å²) in [6, 6.07) is 0. The molecule has 0 aromatic heterocycles. The third-order valence-corrected chi connectivity index (χ3v) is 9.08. The van der Waals surface area contributed by atoms with Crippen molar-refractivity contribution in [1.82, 2.24) is 0 Å². The van der Waals surface area contributed by atoms with Gasteiger partial charge in [-0.25, -0.2) is 0 Å². The Morgan fingerprint density at radius 1 is 0.489 bits per heavy atom. The van der Waals surface area contributed by atoms with E-state index in [1.165, 1.54) is 154 Å². The molecule has 0 aliphatic rings. The molecule has 0 aliphatic heterocycles. The first-order valence-corrected chi connectivity index (χ1v) is 20.0. The molecule has 5 nitrogen and oxygen atoms in total. The van der Waals surface area contributed by atoms with Gasteiger partial charge < -0.3 is 14.6 Å². The molecule has 1 N–H and O–H groups in total. The number of carbonyl (C=O) groups is 2. The summed E-state index contributed by atoms with van der Waals surface area (Å²) in [5.41, 5.74) is 0. The van der Waals surface area contributed by atoms with Crippen LogP contribution in [0.1, 0.15) is 220 Å². The zero-order valence-corrected chi connectivity index (χ0v) is 30.6. The summed E-state index contributed by atoms with van der Waals surface area (Å²) < 4.78 is 10.6. The maximum atomic E-state index is 12.2. The molecule has 0 rings (SSSR count). The molecule has 0 unspecified atom stereocenters. The van der Waals surface area contributed by atoms with Crippen molar-refractivity contribution < 1.29 is 24.2 Å². The fourth-order valence-electron chi connectivity index (χ4n) is 6.03. The maximum absolute atomic E-state index is 12.2. The number of unbranched alkanes of at least 4 members (excludes halogenated alkanes) is 26. The number of hydrogen-bond acceptors (Lipinski definition) is 5. The summed E-state index contributed by atoms with van der Waals surface area (Å²) >= 11 is 0. The number of carbonyl (C=O) groups excluding carboxylic acids is 2. The average Bonchev–Trinajstić information content (AvgIpc) is 3.02. The summed E-state index contributed by atoms with van der Waals surface area (Å²) in [5, 5.41) is 9.55. The van der Waals surface area contributed by atoms with Gasteiger partial charge in [-0.15, -0.1) is 0 Å². The highest BCUT2D eigenvalue weighted by Crippen LogP contribution is 2.16. The highest BCUT2D eigenvalue weighted by Gasteiger charge is 2.16. The van der Waals surface area contributed by atoms with E-state index >= 15 is 0 Å². The van der Waals surface area contributed by atoms with Gasteiger partial charge in [-0.1, -0.05) is 194 Å². The molecule has 268 valence electrons. The van der Waals surface area contributed by atoms with Gasteiger partial charge in [0.1, 0.15) is 6.61 Å². The Balaban J connectivity index is 3.49. The quantitative estimate of drug-likeness (QED) is 0.0546. The van der Waals surface area contributed by atoms with Crippen molar-refractivity contribution in [2.45, 2.75) is 226 Å². The zero-order valence-electron chi connectivity index (χ0n) is 30.6. The van der Waals surface area contributed by atoms with E-state index in [0.29, 0.717) is 12.8 Å². The van der Waals surface area contributed by atoms with Gasteiger partial charge in [0.25, 0.3) is 0 Å². The molecule has 5 heteroatoms. The van der Waals surface area contributed by atoms with Gasteiger partial charge in [0, 0.05) is 12.8 Å². The number of hydrogen-bond donors (Lipinski definition) is 1. The molecule has 0 aromatic carbocycles. The molecular formula is C40H78O5. The van der Waals surface area contributed by atoms with Gasteiger partial charge in [-0.2, -0.15) is 0 Å². The smallest absolute Gasteiger partial charge is 0.306 e. The highest BCUT2D eigenvalue weighted by atomic mass is 16.6. The van der Waals surface area contributed by atoms with E-state index in [9.17, 15) is 14.7 Å². The summed E-state index contributed by atoms with van der Waals surface area (Å²) in [6.45, 7) is 6.51. The molecule has 1 atom stereocenters. The molecule has 45 heavy (non-hydrogen) atoms. The van der Waals surface area contributed by atoms with E-state index in [1.807, 2.05) is 0 Å². The first-order valence-electron chi connectivity index (χ1n) is 20.0. The predicted octanol–water partition coefficient (Wildman–Crippen LogP) is 12.2. The molecule has 0 saturated heterocycles. The fourth-order valence-corrected chi connectivity index (χ4v) is 6.03. The molecule has 0 fully saturated rings. The van der Waals surface area contributed by atoms with Crippen LogP contribution in [0.4, 0.5) is 0 Å². The minimum absolute atomic E-state index is 0.0576. The summed E-state index contributed by atoms with van der Waals surface area (Å²) in [7, 11) is 0. The van der Waals surface area contributed by atoms with Crippen LogP contribution in [0.25, 0.3) is 0 Å². The fraction of sp³-hybridized carbons (Fsp3) is 0.950. The maximum Gasteiger partial charge on any atom is 0.306 e. The predicted molar refractivity (Wildman–Crippen MR) is 192 cm³/mol. The minimum atomic E-state index is -0.762. The molecule has 0 saturated carbocycles. The molecule has 0 bridgehead atoms. The number of aliphatic hydroxyl groups is 1. The Bertz CT molecular complexity index is 620. The van der Waals surface area contributed by atoms with E-state index in [0.717, 1.165) is 38.0 Å². The first-order chi connectivity index (χ1) is 22.0. The SMILES string of the molecule is CCCCCCCCCCCCCCCCCC(=O)OC[C@H](CO)OC(=O)CCCCCCCCCCCCCCCC(C)C. The van der Waals surface area contributed by atoms with Gasteiger partial charge in [-0.3, -0.25) is 9.59 Å². The number of rotatable bonds is 36. The third kappa shape index (κ3) is 35.6. The Morgan fingerprint density at radius 3 is 1.18 bits per heavy atom. The normalized spacial score (nSPS) is 12.1. The van der Waals surface area contributed by atoms with Crippen molar-refractivity contribution in [3.63, 3.8) is 0 Å². The molecule has 0 amide bonds. The van der Waals surface area contributed by atoms with Crippen LogP contribution in [-0.4, -0.2) is 36.4 Å². The monoisotopic (exact) mass is 639 g/mol. The topological polar surface area (TPSA) is 72.8 Å². The van der Waals surface area contributed by atoms with Crippen molar-refractivity contribution >= 4 is 11.9 Å². The lowest BCUT2D eigenvalue weighted by molar-refractivity contribution is -0.161. The second-order valence-electron chi connectivity index (χ2n) is 14.2. The van der Waals surface area contributed by atoms with E-state index in [1.54, 1.807) is 0 Å². The van der Waals surface area contributed by atoms with Crippen LogP contribution in [0.15, 0.2) is 0 Å². The van der Waals surface area contributed by atoms with Gasteiger partial charge in [0.15, 0.2) is 6.10 Å². The Labute approximate surface area is 280 Å². The van der Waals surface area contributed by atoms with Gasteiger partial charge in [-0.05, 0) is 18.8 Å². The molecule has 0 heterocycles. The molecule has 0 spiro atoms. The second kappa shape index (κ2) is 35.7. The van der Waals surface area contributed by atoms with E-state index in [-0.39, 0.29) is 25.2 Å². The van der Waals surface area contributed by atoms with E-state index in [2.05, 4.69) is 20.8 Å². The average molecular weight is 639 g/mol. The second-order valence-corrected chi connectivity index (χ2v) is 14.2. The largest absolute Gasteiger partial charge is 0.462 e. The lowest BCUT2D eigenvalue weighted by atomic mass is 10.0. The minimum Gasteiger partial charge on any atom is -0.462 e. The van der Waals surface area contributed by atoms with Crippen LogP contribution in [-0.2, 0) is 19.1 Å². The number of aliphatic hydroxyl groups excluding tert-OH is 1. The lowest BCUT2D eigenvalue weighted by Crippen LogP contribution is -2.28. The zero-order chi connectivity index (χ0) is 33.1. The Hall–Kier alpha value is -1.10. The summed E-state index contributed by atoms with van der Waals surface area (Å²) in [5.74, 6) is 0.270. The summed E-state index contributed by atoms with van der Waals surface area (Å²) in [4.78, 5) is 24.2. The van der Waals surface area contributed by atoms with Crippen LogP contribution in [0, 0.1) is 5.92 Å². The first kappa shape index (κ1) is 43.9. The number of ether oxygens (including phenoxy) is 2. The summed E-state index contributed by atoms with van der Waals surface area (Å²) in [6.07, 6.45) is 37.3. The standard InChI is InChI=1S/C40H78O5/c1-4-5-6-7-8-9-10-11-12-15-18-21-24-27-30-33-39(42)44-36-38(35-41)45-40(43)34-31-28-25-22-19-16-13-14-17-20-23-26-29-32-37(2)3/h37-38,41H,4-36H2,1-3H3/t38-/m0/s1. The van der Waals surface area contributed by atoms with E-state index in [4.69, 9.17) is 9.47 Å². The third-order valence-electron chi connectivity index (χ3n) is 9.08. The van der Waals surface area contributed by atoms with Crippen LogP contribution in [0.5, 0.6) is 0 Å². The van der Waals surface area contributed by atoms with Crippen LogP contribution >= 0.6 is 0 Å². The van der Waals surface area contributed by atoms with Crippen molar-refractivity contribution in [1.29, 1.82) is 0 Å². The van der Waals surface area contributed by atoms with Crippen molar-refractivity contribution in [3.05, 3.63) is 0 Å². The molecule has 0 radical (unpaired) electrons. The molecule has 0 aromatic rings. The van der Waals surface area contributed by atoms with E-state index < -0.39 is 6.10 Å². The highest BCUT2D eigenvalue weighted by molar-refractivity contribution is 5.70. The number of esters is 2. The van der Waals surface area contributed by atoms with Crippen LogP contribution in [0.2, 0.25) is 0 Å². The van der Waals surface area contributed by atoms with Crippen molar-refractivity contribution in [2.75, 3.05) is 13.2 Å². The van der Waals surface area contributed by atoms with Crippen molar-refractivity contribution in [3.8, 4) is 0 Å². The van der Waals surface area contributed by atoms with Gasteiger partial charge in [0.2, 0.25) is 0 Å². The van der Waals surface area contributed by atoms with Crippen LogP contribution < -0.4 is 0 Å². The Kier molecular flexibility index (Phi) is 34.9. The van der Waals surface area contributed by atoms with Gasteiger partial charge in [0.05, 0.1) is 6.61 Å². The van der Waals surface area contributed by atoms with Gasteiger partial charge >= 0.3 is 11.9 Å². The Morgan fingerprint density at radius 2 is 0.822 bits per heavy atom.